The fourth-order valence-electron chi connectivity index (χ4n) is 4.17. The number of halogens is 1. The molecule has 0 spiro atoms. The topological polar surface area (TPSA) is 29.3 Å². The predicted molar refractivity (Wildman–Crippen MR) is 92.1 cm³/mol. The van der Waals surface area contributed by atoms with Gasteiger partial charge in [0.2, 0.25) is 0 Å². The Labute approximate surface area is 135 Å². The van der Waals surface area contributed by atoms with Gasteiger partial charge >= 0.3 is 0 Å². The quantitative estimate of drug-likeness (QED) is 0.859. The van der Waals surface area contributed by atoms with Crippen molar-refractivity contribution in [1.82, 2.24) is 4.90 Å². The number of hydrogen-bond acceptors (Lipinski definition) is 3. The second-order valence-corrected chi connectivity index (χ2v) is 9.69. The van der Waals surface area contributed by atoms with Crippen LogP contribution in [0, 0.1) is 11.3 Å². The van der Waals surface area contributed by atoms with Crippen LogP contribution in [-0.4, -0.2) is 24.0 Å². The lowest BCUT2D eigenvalue weighted by Gasteiger charge is -2.52. The van der Waals surface area contributed by atoms with Gasteiger partial charge in [0.15, 0.2) is 0 Å². The van der Waals surface area contributed by atoms with Crippen LogP contribution in [0.1, 0.15) is 45.6 Å². The van der Waals surface area contributed by atoms with Crippen molar-refractivity contribution in [2.75, 3.05) is 13.6 Å². The average molecular weight is 359 g/mol. The maximum atomic E-state index is 6.23. The van der Waals surface area contributed by atoms with E-state index in [9.17, 15) is 0 Å². The number of likely N-dealkylation sites (N-methyl/N-ethyl adjacent to an activating group) is 1. The highest BCUT2D eigenvalue weighted by atomic mass is 79.9. The SMILES string of the molecule is CC1CC(C)(C)CC(CN)(N(C)Cc2csc(Br)c2)C1. The molecule has 1 aromatic heterocycles. The minimum absolute atomic E-state index is 0.148. The molecule has 0 aliphatic heterocycles. The Morgan fingerprint density at radius 3 is 2.65 bits per heavy atom. The number of rotatable bonds is 4. The van der Waals surface area contributed by atoms with Gasteiger partial charge in [-0.25, -0.2) is 0 Å². The Kier molecular flexibility index (Phi) is 5.00. The molecule has 1 aromatic rings. The zero-order valence-corrected chi connectivity index (χ0v) is 15.5. The van der Waals surface area contributed by atoms with E-state index in [2.05, 4.69) is 60.1 Å². The normalized spacial score (nSPS) is 29.9. The lowest BCUT2D eigenvalue weighted by atomic mass is 9.63. The number of nitrogens with two attached hydrogens (primary N) is 1. The summed E-state index contributed by atoms with van der Waals surface area (Å²) >= 11 is 5.31. The third kappa shape index (κ3) is 3.65. The molecular weight excluding hydrogens is 332 g/mol. The van der Waals surface area contributed by atoms with Crippen molar-refractivity contribution >= 4 is 27.3 Å². The zero-order valence-electron chi connectivity index (χ0n) is 13.1. The van der Waals surface area contributed by atoms with E-state index >= 15 is 0 Å². The Morgan fingerprint density at radius 1 is 1.45 bits per heavy atom. The summed E-state index contributed by atoms with van der Waals surface area (Å²) in [4.78, 5) is 2.50. The van der Waals surface area contributed by atoms with Gasteiger partial charge < -0.3 is 5.73 Å². The molecule has 0 aromatic carbocycles. The molecule has 1 saturated carbocycles. The second kappa shape index (κ2) is 6.07. The van der Waals surface area contributed by atoms with Crippen LogP contribution < -0.4 is 5.73 Å². The molecule has 0 saturated heterocycles. The Bertz CT molecular complexity index is 457. The highest BCUT2D eigenvalue weighted by molar-refractivity contribution is 9.11. The second-order valence-electron chi connectivity index (χ2n) is 7.40. The highest BCUT2D eigenvalue weighted by Crippen LogP contribution is 2.46. The first-order chi connectivity index (χ1) is 9.26. The fraction of sp³-hybridized carbons (Fsp3) is 0.750. The van der Waals surface area contributed by atoms with Gasteiger partial charge in [0.1, 0.15) is 0 Å². The van der Waals surface area contributed by atoms with Crippen molar-refractivity contribution in [1.29, 1.82) is 0 Å². The lowest BCUT2D eigenvalue weighted by molar-refractivity contribution is -0.00108. The number of nitrogens with zero attached hydrogens (tertiary/aromatic N) is 1. The van der Waals surface area contributed by atoms with E-state index in [1.165, 1.54) is 28.6 Å². The molecule has 0 amide bonds. The van der Waals surface area contributed by atoms with Crippen LogP contribution in [0.5, 0.6) is 0 Å². The molecule has 1 fully saturated rings. The summed E-state index contributed by atoms with van der Waals surface area (Å²) in [5, 5.41) is 2.24. The van der Waals surface area contributed by atoms with E-state index in [4.69, 9.17) is 5.73 Å². The molecule has 2 nitrogen and oxygen atoms in total. The zero-order chi connectivity index (χ0) is 15.0. The van der Waals surface area contributed by atoms with E-state index in [0.717, 1.165) is 19.0 Å². The monoisotopic (exact) mass is 358 g/mol. The molecule has 0 radical (unpaired) electrons. The van der Waals surface area contributed by atoms with Crippen LogP contribution in [0.15, 0.2) is 15.2 Å². The molecule has 20 heavy (non-hydrogen) atoms. The molecule has 1 aliphatic carbocycles. The first kappa shape index (κ1) is 16.5. The molecule has 2 N–H and O–H groups in total. The van der Waals surface area contributed by atoms with Crippen molar-refractivity contribution in [3.05, 3.63) is 20.8 Å². The van der Waals surface area contributed by atoms with E-state index in [0.29, 0.717) is 5.41 Å². The summed E-state index contributed by atoms with van der Waals surface area (Å²) in [5.41, 5.74) is 8.15. The third-order valence-corrected chi connectivity index (χ3v) is 6.22. The van der Waals surface area contributed by atoms with Gasteiger partial charge in [0.05, 0.1) is 3.79 Å². The maximum absolute atomic E-state index is 6.23. The van der Waals surface area contributed by atoms with Gasteiger partial charge in [-0.1, -0.05) is 20.8 Å². The largest absolute Gasteiger partial charge is 0.329 e. The summed E-state index contributed by atoms with van der Waals surface area (Å²) < 4.78 is 1.21. The van der Waals surface area contributed by atoms with Crippen molar-refractivity contribution in [2.24, 2.45) is 17.1 Å². The molecule has 2 rings (SSSR count). The summed E-state index contributed by atoms with van der Waals surface area (Å²) in [7, 11) is 2.24. The first-order valence-corrected chi connectivity index (χ1v) is 9.08. The number of hydrogen-bond donors (Lipinski definition) is 1. The first-order valence-electron chi connectivity index (χ1n) is 7.41. The minimum atomic E-state index is 0.148. The summed E-state index contributed by atoms with van der Waals surface area (Å²) in [6.45, 7) is 8.90. The lowest BCUT2D eigenvalue weighted by Crippen LogP contribution is -2.57. The molecule has 0 bridgehead atoms. The maximum Gasteiger partial charge on any atom is 0.0701 e. The van der Waals surface area contributed by atoms with E-state index in [1.807, 2.05) is 0 Å². The Hall–Kier alpha value is 0.100. The van der Waals surface area contributed by atoms with Crippen LogP contribution in [0.25, 0.3) is 0 Å². The molecule has 114 valence electrons. The minimum Gasteiger partial charge on any atom is -0.329 e. The van der Waals surface area contributed by atoms with E-state index < -0.39 is 0 Å². The molecule has 4 heteroatoms. The van der Waals surface area contributed by atoms with Gasteiger partial charge in [0, 0.05) is 18.6 Å². The van der Waals surface area contributed by atoms with Crippen LogP contribution >= 0.6 is 27.3 Å². The van der Waals surface area contributed by atoms with Gasteiger partial charge in [-0.2, -0.15) is 0 Å². The molecular formula is C16H27BrN2S. The van der Waals surface area contributed by atoms with E-state index in [1.54, 1.807) is 11.3 Å². The van der Waals surface area contributed by atoms with Crippen LogP contribution in [-0.2, 0) is 6.54 Å². The average Bonchev–Trinajstić information content (AvgIpc) is 2.71. The number of thiophene rings is 1. The third-order valence-electron chi connectivity index (χ3n) is 4.67. The van der Waals surface area contributed by atoms with Gasteiger partial charge in [-0.05, 0) is 70.6 Å². The van der Waals surface area contributed by atoms with Gasteiger partial charge in [-0.3, -0.25) is 4.90 Å². The van der Waals surface area contributed by atoms with Crippen molar-refractivity contribution in [3.8, 4) is 0 Å². The smallest absolute Gasteiger partial charge is 0.0701 e. The van der Waals surface area contributed by atoms with Crippen molar-refractivity contribution in [2.45, 2.75) is 52.1 Å². The summed E-state index contributed by atoms with van der Waals surface area (Å²) in [6.07, 6.45) is 3.73. The van der Waals surface area contributed by atoms with Gasteiger partial charge in [-0.15, -0.1) is 11.3 Å². The van der Waals surface area contributed by atoms with Crippen molar-refractivity contribution < 1.29 is 0 Å². The Balaban J connectivity index is 2.16. The van der Waals surface area contributed by atoms with Crippen molar-refractivity contribution in [3.63, 3.8) is 0 Å². The molecule has 1 heterocycles. The molecule has 2 unspecified atom stereocenters. The standard InChI is InChI=1S/C16H27BrN2S/c1-12-6-15(2,3)10-16(7-12,11-18)19(4)8-13-5-14(17)20-9-13/h5,9,12H,6-8,10-11,18H2,1-4H3. The highest BCUT2D eigenvalue weighted by Gasteiger charge is 2.44. The fourth-order valence-corrected chi connectivity index (χ4v) is 5.37. The summed E-state index contributed by atoms with van der Waals surface area (Å²) in [6, 6.07) is 2.22. The predicted octanol–water partition coefficient (Wildman–Crippen LogP) is 4.49. The molecule has 1 aliphatic rings. The van der Waals surface area contributed by atoms with E-state index in [-0.39, 0.29) is 5.54 Å². The molecule has 2 atom stereocenters. The van der Waals surface area contributed by atoms with Gasteiger partial charge in [0.25, 0.3) is 0 Å². The van der Waals surface area contributed by atoms with Crippen LogP contribution in [0.4, 0.5) is 0 Å². The Morgan fingerprint density at radius 2 is 2.15 bits per heavy atom. The van der Waals surface area contributed by atoms with Crippen LogP contribution in [0.2, 0.25) is 0 Å². The van der Waals surface area contributed by atoms with Crippen LogP contribution in [0.3, 0.4) is 0 Å². The summed E-state index contributed by atoms with van der Waals surface area (Å²) in [5.74, 6) is 0.749.